The van der Waals surface area contributed by atoms with E-state index in [1.807, 2.05) is 12.1 Å². The third-order valence-corrected chi connectivity index (χ3v) is 7.51. The number of hydrogen-bond donors (Lipinski definition) is 1. The van der Waals surface area contributed by atoms with E-state index >= 15 is 0 Å². The lowest BCUT2D eigenvalue weighted by Gasteiger charge is -2.40. The minimum Gasteiger partial charge on any atom is -0.495 e. The van der Waals surface area contributed by atoms with E-state index in [1.165, 1.54) is 5.56 Å². The van der Waals surface area contributed by atoms with Gasteiger partial charge in [-0.05, 0) is 31.0 Å². The zero-order valence-electron chi connectivity index (χ0n) is 19.6. The van der Waals surface area contributed by atoms with E-state index in [1.54, 1.807) is 7.11 Å². The lowest BCUT2D eigenvalue weighted by molar-refractivity contribution is -0.124. The molecule has 2 aromatic rings. The van der Waals surface area contributed by atoms with Gasteiger partial charge in [-0.15, -0.1) is 0 Å². The quantitative estimate of drug-likeness (QED) is 0.721. The van der Waals surface area contributed by atoms with E-state index < -0.39 is 5.41 Å². The van der Waals surface area contributed by atoms with E-state index in [2.05, 4.69) is 60.9 Å². The molecule has 3 unspecified atom stereocenters. The van der Waals surface area contributed by atoms with Crippen LogP contribution in [0.5, 0.6) is 5.75 Å². The summed E-state index contributed by atoms with van der Waals surface area (Å²) in [5.41, 5.74) is 9.68. The Labute approximate surface area is 191 Å². The SMILES string of the molecule is COc1cccc2c1N(CCN1CCOCC1)C(C)C2(C(N)=O)C(C)c1ccc(C)cc1. The highest BCUT2D eigenvalue weighted by Gasteiger charge is 2.57. The lowest BCUT2D eigenvalue weighted by Crippen LogP contribution is -2.55. The van der Waals surface area contributed by atoms with E-state index in [-0.39, 0.29) is 17.9 Å². The number of methoxy groups -OCH3 is 1. The van der Waals surface area contributed by atoms with E-state index in [0.29, 0.717) is 0 Å². The van der Waals surface area contributed by atoms with Crippen molar-refractivity contribution in [2.45, 2.75) is 38.1 Å². The number of nitrogens with zero attached hydrogens (tertiary/aromatic N) is 2. The number of carbonyl (C=O) groups is 1. The number of benzene rings is 2. The van der Waals surface area contributed by atoms with Gasteiger partial charge in [0.2, 0.25) is 5.91 Å². The van der Waals surface area contributed by atoms with Crippen LogP contribution >= 0.6 is 0 Å². The first-order valence-electron chi connectivity index (χ1n) is 11.5. The number of primary amides is 1. The third-order valence-electron chi connectivity index (χ3n) is 7.51. The standard InChI is InChI=1S/C26H35N3O3/c1-18-8-10-21(11-9-18)19(2)26(25(27)30)20(3)29(13-12-28-14-16-32-17-15-28)24-22(26)6-5-7-23(24)31-4/h5-11,19-20H,12-17H2,1-4H3,(H2,27,30). The molecule has 4 rings (SSSR count). The summed E-state index contributed by atoms with van der Waals surface area (Å²) >= 11 is 0. The molecule has 6 nitrogen and oxygen atoms in total. The second-order valence-electron chi connectivity index (χ2n) is 9.05. The van der Waals surface area contributed by atoms with Gasteiger partial charge < -0.3 is 20.1 Å². The molecule has 172 valence electrons. The number of aryl methyl sites for hydroxylation is 1. The maximum atomic E-state index is 13.4. The van der Waals surface area contributed by atoms with Crippen molar-refractivity contribution < 1.29 is 14.3 Å². The number of anilines is 1. The first-order valence-corrected chi connectivity index (χ1v) is 11.5. The molecule has 2 aliphatic heterocycles. The lowest BCUT2D eigenvalue weighted by atomic mass is 9.65. The fraction of sp³-hybridized carbons (Fsp3) is 0.500. The van der Waals surface area contributed by atoms with Crippen molar-refractivity contribution in [2.24, 2.45) is 5.73 Å². The van der Waals surface area contributed by atoms with Crippen molar-refractivity contribution >= 4 is 11.6 Å². The normalized spacial score (nSPS) is 24.2. The Morgan fingerprint density at radius 1 is 1.19 bits per heavy atom. The minimum absolute atomic E-state index is 0.0881. The van der Waals surface area contributed by atoms with Gasteiger partial charge >= 0.3 is 0 Å². The summed E-state index contributed by atoms with van der Waals surface area (Å²) in [7, 11) is 1.69. The Morgan fingerprint density at radius 3 is 2.50 bits per heavy atom. The number of nitrogens with two attached hydrogens (primary N) is 1. The average Bonchev–Trinajstić information content (AvgIpc) is 3.07. The second kappa shape index (κ2) is 9.12. The van der Waals surface area contributed by atoms with Gasteiger partial charge in [0, 0.05) is 38.1 Å². The molecule has 1 amide bonds. The molecule has 0 saturated carbocycles. The van der Waals surface area contributed by atoms with Gasteiger partial charge in [0.15, 0.2) is 0 Å². The highest BCUT2D eigenvalue weighted by molar-refractivity contribution is 5.95. The molecular weight excluding hydrogens is 402 g/mol. The number of ether oxygens (including phenoxy) is 2. The van der Waals surface area contributed by atoms with Crippen LogP contribution in [0.1, 0.15) is 36.5 Å². The Bertz CT molecular complexity index is 955. The number of morpholine rings is 1. The maximum Gasteiger partial charge on any atom is 0.230 e. The molecule has 0 bridgehead atoms. The molecule has 1 saturated heterocycles. The number of fused-ring (bicyclic) bond motifs is 1. The summed E-state index contributed by atoms with van der Waals surface area (Å²) in [6, 6.07) is 14.3. The highest BCUT2D eigenvalue weighted by Crippen LogP contribution is 2.55. The van der Waals surface area contributed by atoms with Crippen molar-refractivity contribution in [2.75, 3.05) is 51.4 Å². The average molecular weight is 438 g/mol. The second-order valence-corrected chi connectivity index (χ2v) is 9.05. The number of para-hydroxylation sites is 1. The molecule has 1 fully saturated rings. The fourth-order valence-electron chi connectivity index (χ4n) is 5.63. The Hall–Kier alpha value is -2.57. The number of hydrogen-bond acceptors (Lipinski definition) is 5. The van der Waals surface area contributed by atoms with Gasteiger partial charge in [-0.25, -0.2) is 0 Å². The van der Waals surface area contributed by atoms with Crippen molar-refractivity contribution in [3.63, 3.8) is 0 Å². The third kappa shape index (κ3) is 3.65. The number of amides is 1. The molecule has 0 aliphatic carbocycles. The molecule has 2 N–H and O–H groups in total. The molecule has 2 heterocycles. The topological polar surface area (TPSA) is 68.0 Å². The number of rotatable bonds is 7. The van der Waals surface area contributed by atoms with Gasteiger partial charge in [-0.2, -0.15) is 0 Å². The monoisotopic (exact) mass is 437 g/mol. The summed E-state index contributed by atoms with van der Waals surface area (Å²) in [6.45, 7) is 11.4. The smallest absolute Gasteiger partial charge is 0.230 e. The van der Waals surface area contributed by atoms with Gasteiger partial charge in [0.05, 0.1) is 26.0 Å². The Balaban J connectivity index is 1.78. The highest BCUT2D eigenvalue weighted by atomic mass is 16.5. The van der Waals surface area contributed by atoms with Crippen LogP contribution in [0.3, 0.4) is 0 Å². The molecule has 6 heteroatoms. The molecular formula is C26H35N3O3. The zero-order valence-corrected chi connectivity index (χ0v) is 19.6. The molecule has 2 aromatic carbocycles. The van der Waals surface area contributed by atoms with E-state index in [4.69, 9.17) is 15.2 Å². The van der Waals surface area contributed by atoms with Crippen molar-refractivity contribution in [3.05, 3.63) is 59.2 Å². The zero-order chi connectivity index (χ0) is 22.9. The molecule has 0 radical (unpaired) electrons. The van der Waals surface area contributed by atoms with Crippen LogP contribution in [0.4, 0.5) is 5.69 Å². The van der Waals surface area contributed by atoms with Crippen molar-refractivity contribution in [1.82, 2.24) is 4.90 Å². The van der Waals surface area contributed by atoms with Gasteiger partial charge in [0.25, 0.3) is 0 Å². The van der Waals surface area contributed by atoms with E-state index in [0.717, 1.165) is 62.0 Å². The largest absolute Gasteiger partial charge is 0.495 e. The van der Waals surface area contributed by atoms with Crippen LogP contribution in [-0.4, -0.2) is 63.4 Å². The van der Waals surface area contributed by atoms with Gasteiger partial charge in [-0.1, -0.05) is 48.9 Å². The Morgan fingerprint density at radius 2 is 1.88 bits per heavy atom. The van der Waals surface area contributed by atoms with E-state index in [9.17, 15) is 4.79 Å². The maximum absolute atomic E-state index is 13.4. The summed E-state index contributed by atoms with van der Waals surface area (Å²) in [4.78, 5) is 18.1. The van der Waals surface area contributed by atoms with Crippen molar-refractivity contribution in [1.29, 1.82) is 0 Å². The summed E-state index contributed by atoms with van der Waals surface area (Å²) in [5.74, 6) is 0.409. The molecule has 2 aliphatic rings. The predicted octanol–water partition coefficient (Wildman–Crippen LogP) is 3.07. The summed E-state index contributed by atoms with van der Waals surface area (Å²) in [5, 5.41) is 0. The van der Waals surface area contributed by atoms with Crippen LogP contribution in [-0.2, 0) is 14.9 Å². The van der Waals surface area contributed by atoms with Gasteiger partial charge in [0.1, 0.15) is 11.2 Å². The summed E-state index contributed by atoms with van der Waals surface area (Å²) < 4.78 is 11.3. The van der Waals surface area contributed by atoms with Crippen LogP contribution in [0.25, 0.3) is 0 Å². The predicted molar refractivity (Wildman–Crippen MR) is 128 cm³/mol. The van der Waals surface area contributed by atoms with Crippen LogP contribution in [0.15, 0.2) is 42.5 Å². The van der Waals surface area contributed by atoms with Crippen molar-refractivity contribution in [3.8, 4) is 5.75 Å². The van der Waals surface area contributed by atoms with Crippen LogP contribution in [0.2, 0.25) is 0 Å². The van der Waals surface area contributed by atoms with Crippen LogP contribution in [0, 0.1) is 6.92 Å². The van der Waals surface area contributed by atoms with Gasteiger partial charge in [-0.3, -0.25) is 9.69 Å². The van der Waals surface area contributed by atoms with Crippen LogP contribution < -0.4 is 15.4 Å². The fourth-order valence-corrected chi connectivity index (χ4v) is 5.63. The first-order chi connectivity index (χ1) is 15.4. The molecule has 0 aromatic heterocycles. The molecule has 3 atom stereocenters. The number of carbonyl (C=O) groups excluding carboxylic acids is 1. The minimum atomic E-state index is -0.857. The summed E-state index contributed by atoms with van der Waals surface area (Å²) in [6.07, 6.45) is 0. The Kier molecular flexibility index (Phi) is 6.45. The molecule has 0 spiro atoms. The molecule has 32 heavy (non-hydrogen) atoms. The first kappa shape index (κ1) is 22.6.